The molecule has 0 N–H and O–H groups in total. The molecule has 1 heterocycles. The molecule has 58 valence electrons. The summed E-state index contributed by atoms with van der Waals surface area (Å²) in [5.74, 6) is 0. The Labute approximate surface area is 75.5 Å². The molecule has 0 spiro atoms. The maximum absolute atomic E-state index is 2.23. The van der Waals surface area contributed by atoms with Crippen molar-refractivity contribution in [3.05, 3.63) is 46.2 Å². The molecule has 3 rings (SSSR count). The third kappa shape index (κ3) is 0.718. The first-order valence-electron chi connectivity index (χ1n) is 4.10. The van der Waals surface area contributed by atoms with Crippen LogP contribution in [-0.2, 0) is 6.42 Å². The largest absolute Gasteiger partial charge is 0.148 e. The Balaban J connectivity index is 2.34. The predicted octanol–water partition coefficient (Wildman–Crippen LogP) is 3.32. The summed E-state index contributed by atoms with van der Waals surface area (Å²) in [6.07, 6.45) is 1.14. The SMILES string of the molecule is c1ccc2c(c1)Cc1sccc1-2. The van der Waals surface area contributed by atoms with Gasteiger partial charge >= 0.3 is 0 Å². The van der Waals surface area contributed by atoms with Gasteiger partial charge in [-0.3, -0.25) is 0 Å². The van der Waals surface area contributed by atoms with Gasteiger partial charge < -0.3 is 0 Å². The molecule has 0 aliphatic heterocycles. The van der Waals surface area contributed by atoms with Gasteiger partial charge in [0.15, 0.2) is 0 Å². The van der Waals surface area contributed by atoms with Crippen molar-refractivity contribution in [1.29, 1.82) is 0 Å². The number of hydrogen-bond donors (Lipinski definition) is 0. The van der Waals surface area contributed by atoms with Crippen LogP contribution >= 0.6 is 11.3 Å². The van der Waals surface area contributed by atoms with E-state index < -0.39 is 0 Å². The van der Waals surface area contributed by atoms with E-state index in [-0.39, 0.29) is 0 Å². The van der Waals surface area contributed by atoms with Crippen LogP contribution in [-0.4, -0.2) is 0 Å². The van der Waals surface area contributed by atoms with E-state index in [0.29, 0.717) is 0 Å². The van der Waals surface area contributed by atoms with Crippen molar-refractivity contribution >= 4 is 11.3 Å². The van der Waals surface area contributed by atoms with Gasteiger partial charge in [-0.15, -0.1) is 11.3 Å². The first kappa shape index (κ1) is 6.44. The first-order valence-corrected chi connectivity index (χ1v) is 4.98. The minimum Gasteiger partial charge on any atom is -0.148 e. The van der Waals surface area contributed by atoms with Crippen LogP contribution in [0.4, 0.5) is 0 Å². The molecule has 1 aliphatic carbocycles. The third-order valence-electron chi connectivity index (χ3n) is 2.40. The second kappa shape index (κ2) is 2.20. The molecule has 0 radical (unpaired) electrons. The molecule has 1 aliphatic rings. The lowest BCUT2D eigenvalue weighted by atomic mass is 10.1. The van der Waals surface area contributed by atoms with Crippen LogP contribution < -0.4 is 0 Å². The Hall–Kier alpha value is -1.08. The highest BCUT2D eigenvalue weighted by molar-refractivity contribution is 7.10. The molecule has 0 bridgehead atoms. The molecule has 0 saturated carbocycles. The summed E-state index contributed by atoms with van der Waals surface area (Å²) in [5.41, 5.74) is 4.38. The van der Waals surface area contributed by atoms with E-state index in [1.54, 1.807) is 0 Å². The number of hydrogen-bond acceptors (Lipinski definition) is 1. The van der Waals surface area contributed by atoms with Crippen molar-refractivity contribution in [1.82, 2.24) is 0 Å². The summed E-state index contributed by atoms with van der Waals surface area (Å²) < 4.78 is 0. The first-order chi connectivity index (χ1) is 5.95. The number of benzene rings is 1. The van der Waals surface area contributed by atoms with Crippen molar-refractivity contribution in [2.45, 2.75) is 6.42 Å². The molecule has 0 saturated heterocycles. The number of fused-ring (bicyclic) bond motifs is 3. The zero-order valence-corrected chi connectivity index (χ0v) is 7.40. The summed E-state index contributed by atoms with van der Waals surface area (Å²) in [7, 11) is 0. The summed E-state index contributed by atoms with van der Waals surface area (Å²) >= 11 is 1.87. The Morgan fingerprint density at radius 1 is 1.00 bits per heavy atom. The van der Waals surface area contributed by atoms with Crippen LogP contribution in [0.1, 0.15) is 10.4 Å². The summed E-state index contributed by atoms with van der Waals surface area (Å²) in [6.45, 7) is 0. The topological polar surface area (TPSA) is 0 Å². The van der Waals surface area contributed by atoms with Crippen LogP contribution in [0.5, 0.6) is 0 Å². The quantitative estimate of drug-likeness (QED) is 0.488. The number of thiophene rings is 1. The second-order valence-corrected chi connectivity index (χ2v) is 4.09. The second-order valence-electron chi connectivity index (χ2n) is 3.09. The zero-order chi connectivity index (χ0) is 7.97. The van der Waals surface area contributed by atoms with Gasteiger partial charge in [0.2, 0.25) is 0 Å². The predicted molar refractivity (Wildman–Crippen MR) is 52.6 cm³/mol. The van der Waals surface area contributed by atoms with E-state index >= 15 is 0 Å². The van der Waals surface area contributed by atoms with Gasteiger partial charge in [-0.1, -0.05) is 24.3 Å². The molecule has 12 heavy (non-hydrogen) atoms. The van der Waals surface area contributed by atoms with Gasteiger partial charge in [-0.25, -0.2) is 0 Å². The molecule has 0 fully saturated rings. The van der Waals surface area contributed by atoms with Crippen LogP contribution in [0.15, 0.2) is 35.7 Å². The Kier molecular flexibility index (Phi) is 1.18. The lowest BCUT2D eigenvalue weighted by molar-refractivity contribution is 1.31. The molecular weight excluding hydrogens is 164 g/mol. The highest BCUT2D eigenvalue weighted by Gasteiger charge is 2.17. The normalized spacial score (nSPS) is 12.7. The fourth-order valence-corrected chi connectivity index (χ4v) is 2.74. The van der Waals surface area contributed by atoms with Gasteiger partial charge in [0.1, 0.15) is 0 Å². The number of rotatable bonds is 0. The summed E-state index contributed by atoms with van der Waals surface area (Å²) in [4.78, 5) is 1.52. The zero-order valence-electron chi connectivity index (χ0n) is 6.58. The summed E-state index contributed by atoms with van der Waals surface area (Å²) in [5, 5.41) is 2.18. The molecular formula is C11H8S. The molecule has 1 heteroatoms. The standard InChI is InChI=1S/C11H8S/c1-2-4-9-8(3-1)7-11-10(9)5-6-12-11/h1-6H,7H2. The van der Waals surface area contributed by atoms with Gasteiger partial charge in [0.05, 0.1) is 0 Å². The van der Waals surface area contributed by atoms with Crippen molar-refractivity contribution < 1.29 is 0 Å². The fraction of sp³-hybridized carbons (Fsp3) is 0.0909. The van der Waals surface area contributed by atoms with Gasteiger partial charge in [0, 0.05) is 11.3 Å². The maximum atomic E-state index is 2.23. The van der Waals surface area contributed by atoms with Gasteiger partial charge in [0.25, 0.3) is 0 Å². The van der Waals surface area contributed by atoms with E-state index in [2.05, 4.69) is 35.7 Å². The van der Waals surface area contributed by atoms with Crippen molar-refractivity contribution in [2.24, 2.45) is 0 Å². The van der Waals surface area contributed by atoms with E-state index in [9.17, 15) is 0 Å². The monoisotopic (exact) mass is 172 g/mol. The lowest BCUT2D eigenvalue weighted by Crippen LogP contribution is -1.76. The van der Waals surface area contributed by atoms with Crippen molar-refractivity contribution in [3.63, 3.8) is 0 Å². The molecule has 1 aromatic carbocycles. The molecule has 0 atom stereocenters. The van der Waals surface area contributed by atoms with Gasteiger partial charge in [-0.05, 0) is 28.1 Å². The van der Waals surface area contributed by atoms with E-state index in [4.69, 9.17) is 0 Å². The third-order valence-corrected chi connectivity index (χ3v) is 3.32. The van der Waals surface area contributed by atoms with Gasteiger partial charge in [-0.2, -0.15) is 0 Å². The van der Waals surface area contributed by atoms with Crippen LogP contribution in [0.2, 0.25) is 0 Å². The summed E-state index contributed by atoms with van der Waals surface area (Å²) in [6, 6.07) is 10.9. The van der Waals surface area contributed by atoms with Crippen molar-refractivity contribution in [3.8, 4) is 11.1 Å². The molecule has 0 amide bonds. The molecule has 0 nitrogen and oxygen atoms in total. The van der Waals surface area contributed by atoms with E-state index in [1.165, 1.54) is 21.6 Å². The Morgan fingerprint density at radius 3 is 2.92 bits per heavy atom. The minimum atomic E-state index is 1.14. The smallest absolute Gasteiger partial charge is 0.0168 e. The average molecular weight is 172 g/mol. The van der Waals surface area contributed by atoms with Crippen LogP contribution in [0, 0.1) is 0 Å². The lowest BCUT2D eigenvalue weighted by Gasteiger charge is -1.95. The maximum Gasteiger partial charge on any atom is 0.0168 e. The Bertz CT molecular complexity index is 426. The minimum absolute atomic E-state index is 1.14. The molecule has 0 unspecified atom stereocenters. The average Bonchev–Trinajstić information content (AvgIpc) is 2.62. The molecule has 1 aromatic heterocycles. The van der Waals surface area contributed by atoms with Crippen LogP contribution in [0.25, 0.3) is 11.1 Å². The van der Waals surface area contributed by atoms with Crippen molar-refractivity contribution in [2.75, 3.05) is 0 Å². The van der Waals surface area contributed by atoms with E-state index in [1.807, 2.05) is 11.3 Å². The highest BCUT2D eigenvalue weighted by Crippen LogP contribution is 2.39. The highest BCUT2D eigenvalue weighted by atomic mass is 32.1. The fourth-order valence-electron chi connectivity index (χ4n) is 1.83. The molecule has 2 aromatic rings. The Morgan fingerprint density at radius 2 is 1.92 bits per heavy atom. The van der Waals surface area contributed by atoms with Crippen LogP contribution in [0.3, 0.4) is 0 Å². The van der Waals surface area contributed by atoms with E-state index in [0.717, 1.165) is 6.42 Å².